The molecular formula is C56H60N12O20S. The number of carbonyl (C=O) groups is 9. The molecule has 2 fully saturated rings. The minimum Gasteiger partial charge on any atom is -0.507 e. The molecule has 2 aliphatic carbocycles. The fraction of sp³-hybridized carbons (Fsp3) is 0.393. The first-order valence-corrected chi connectivity index (χ1v) is 28.5. The van der Waals surface area contributed by atoms with Crippen molar-refractivity contribution in [3.63, 3.8) is 0 Å². The maximum atomic E-state index is 14.1. The Kier molecular flexibility index (Phi) is 19.0. The first kappa shape index (κ1) is 64.0. The molecule has 2 unspecified atom stereocenters. The zero-order chi connectivity index (χ0) is 64.3. The summed E-state index contributed by atoms with van der Waals surface area (Å²) in [6.07, 6.45) is -6.78. The number of thioether (sulfide) groups is 1. The minimum atomic E-state index is -2.37. The molecule has 16 N–H and O–H groups in total. The summed E-state index contributed by atoms with van der Waals surface area (Å²) in [5.41, 5.74) is 9.35. The first-order valence-electron chi connectivity index (χ1n) is 27.5. The number of hydrogen-bond acceptors (Lipinski definition) is 26. The number of nitrogens with two attached hydrogens (primary N) is 2. The number of amides is 5. The van der Waals surface area contributed by atoms with Crippen LogP contribution in [0.15, 0.2) is 58.6 Å². The topological polar surface area (TPSA) is 510 Å². The number of carboxylic acids is 2. The molecule has 2 aliphatic heterocycles. The normalized spacial score (nSPS) is 22.1. The van der Waals surface area contributed by atoms with Crippen molar-refractivity contribution in [2.45, 2.75) is 112 Å². The number of aromatic amines is 1. The van der Waals surface area contributed by atoms with Crippen molar-refractivity contribution in [1.29, 1.82) is 0 Å². The maximum Gasteiger partial charge on any atom is 0.327 e. The van der Waals surface area contributed by atoms with E-state index in [9.17, 15) is 83.7 Å². The van der Waals surface area contributed by atoms with Crippen LogP contribution in [0.4, 0.5) is 11.6 Å². The molecule has 2 aromatic heterocycles. The number of carboxylic acid groups (broad SMARTS) is 2. The molecule has 5 aromatic rings. The van der Waals surface area contributed by atoms with Crippen LogP contribution in [0.3, 0.4) is 0 Å². The second-order valence-electron chi connectivity index (χ2n) is 21.3. The molecule has 2 saturated heterocycles. The van der Waals surface area contributed by atoms with Gasteiger partial charge in [-0.1, -0.05) is 12.1 Å². The number of imide groups is 1. The predicted octanol–water partition coefficient (Wildman–Crippen LogP) is -1.39. The molecular weight excluding hydrogens is 1190 g/mol. The lowest BCUT2D eigenvalue weighted by atomic mass is 9.71. The molecule has 4 aliphatic rings. The highest BCUT2D eigenvalue weighted by molar-refractivity contribution is 8.00. The number of anilines is 2. The lowest BCUT2D eigenvalue weighted by molar-refractivity contribution is -0.245. The molecule has 0 saturated carbocycles. The number of aromatic nitrogens is 4. The first-order chi connectivity index (χ1) is 42.3. The number of hydrazone groups is 1. The van der Waals surface area contributed by atoms with E-state index in [2.05, 4.69) is 46.4 Å². The van der Waals surface area contributed by atoms with E-state index in [1.54, 1.807) is 0 Å². The number of phenols is 2. The minimum absolute atomic E-state index is 0.00914. The van der Waals surface area contributed by atoms with Gasteiger partial charge in [-0.3, -0.25) is 48.2 Å². The van der Waals surface area contributed by atoms with E-state index in [-0.39, 0.29) is 63.6 Å². The fourth-order valence-corrected chi connectivity index (χ4v) is 11.9. The molecule has 9 rings (SSSR count). The Balaban J connectivity index is 0.780. The van der Waals surface area contributed by atoms with E-state index in [0.717, 1.165) is 16.7 Å². The van der Waals surface area contributed by atoms with Crippen LogP contribution in [0.1, 0.15) is 111 Å². The lowest BCUT2D eigenvalue weighted by Gasteiger charge is -2.43. The largest absolute Gasteiger partial charge is 0.507 e. The number of methoxy groups -OCH3 is 1. The number of rotatable bonds is 23. The average molecular weight is 1250 g/mol. The van der Waals surface area contributed by atoms with Crippen molar-refractivity contribution < 1.29 is 93.1 Å². The van der Waals surface area contributed by atoms with Crippen LogP contribution in [0.5, 0.6) is 17.2 Å². The summed E-state index contributed by atoms with van der Waals surface area (Å²) in [4.78, 5) is 146. The highest BCUT2D eigenvalue weighted by atomic mass is 32.2. The summed E-state index contributed by atoms with van der Waals surface area (Å²) in [7, 11) is 1.27. The van der Waals surface area contributed by atoms with Crippen LogP contribution in [0, 0.1) is 0 Å². The molecule has 9 atom stereocenters. The quantitative estimate of drug-likeness (QED) is 0.0152. The van der Waals surface area contributed by atoms with Gasteiger partial charge in [-0.25, -0.2) is 25.0 Å². The van der Waals surface area contributed by atoms with Gasteiger partial charge in [-0.15, -0.1) is 11.8 Å². The smallest absolute Gasteiger partial charge is 0.327 e. The molecule has 33 heteroatoms. The van der Waals surface area contributed by atoms with E-state index in [1.807, 2.05) is 0 Å². The van der Waals surface area contributed by atoms with Gasteiger partial charge in [0.15, 0.2) is 23.2 Å². The van der Waals surface area contributed by atoms with E-state index in [4.69, 9.17) is 25.7 Å². The number of aliphatic hydroxyl groups is 3. The van der Waals surface area contributed by atoms with Crippen LogP contribution in [0.25, 0.3) is 11.2 Å². The number of nitrogens with one attached hydrogen (secondary N) is 5. The summed E-state index contributed by atoms with van der Waals surface area (Å²) in [5.74, 6) is -11.1. The Bertz CT molecular complexity index is 3800. The molecule has 0 radical (unpaired) electrons. The summed E-state index contributed by atoms with van der Waals surface area (Å²) in [6.45, 7) is 0.0699. The van der Waals surface area contributed by atoms with Gasteiger partial charge >= 0.3 is 11.9 Å². The van der Waals surface area contributed by atoms with Crippen molar-refractivity contribution in [3.8, 4) is 17.2 Å². The van der Waals surface area contributed by atoms with Crippen LogP contribution in [-0.4, -0.2) is 193 Å². The summed E-state index contributed by atoms with van der Waals surface area (Å²) in [6, 6.07) is 5.94. The second-order valence-corrected chi connectivity index (χ2v) is 22.5. The Morgan fingerprint density at radius 2 is 1.66 bits per heavy atom. The Morgan fingerprint density at radius 3 is 2.35 bits per heavy atom. The van der Waals surface area contributed by atoms with Crippen molar-refractivity contribution in [1.82, 2.24) is 40.9 Å². The van der Waals surface area contributed by atoms with E-state index in [1.165, 1.54) is 62.7 Å². The van der Waals surface area contributed by atoms with E-state index >= 15 is 0 Å². The van der Waals surface area contributed by atoms with Crippen LogP contribution >= 0.6 is 11.8 Å². The van der Waals surface area contributed by atoms with E-state index in [0.29, 0.717) is 11.4 Å². The Labute approximate surface area is 506 Å². The monoisotopic (exact) mass is 1250 g/mol. The van der Waals surface area contributed by atoms with Gasteiger partial charge < -0.3 is 77.4 Å². The third-order valence-electron chi connectivity index (χ3n) is 15.4. The predicted molar refractivity (Wildman–Crippen MR) is 308 cm³/mol. The van der Waals surface area contributed by atoms with Gasteiger partial charge in [0, 0.05) is 84.8 Å². The summed E-state index contributed by atoms with van der Waals surface area (Å²) >= 11 is 0.723. The van der Waals surface area contributed by atoms with Crippen LogP contribution < -0.4 is 43.1 Å². The third-order valence-corrected chi connectivity index (χ3v) is 16.7. The average Bonchev–Trinajstić information content (AvgIpc) is 1.11. The number of ketones is 2. The summed E-state index contributed by atoms with van der Waals surface area (Å²) in [5, 5.41) is 87.6. The van der Waals surface area contributed by atoms with Crippen LogP contribution in [0.2, 0.25) is 0 Å². The van der Waals surface area contributed by atoms with E-state index < -0.39 is 198 Å². The zero-order valence-corrected chi connectivity index (χ0v) is 48.1. The number of aliphatic carboxylic acids is 2. The van der Waals surface area contributed by atoms with Gasteiger partial charge in [0.2, 0.25) is 35.4 Å². The number of nitrogens with zero attached hydrogens (tertiary/aromatic N) is 5. The molecule has 32 nitrogen and oxygen atoms in total. The van der Waals surface area contributed by atoms with Gasteiger partial charge in [-0.05, 0) is 43.7 Å². The molecule has 0 spiro atoms. The number of likely N-dealkylation sites (tertiary alicyclic amines) is 1. The SMILES string of the molecule is COc1cccc2c1C(=O)c1c(O)c3c(c(O)c1C2=O)C[C@@](O)(/C(CO)=N\NC(=O)CCN1C(=O)CC(SC[C@H](NC(=O)CC[C@H](NC(=O)c2ccc(NCc4cnc5nc(N)[nH]c(=O)c5n4)cc2)C(=O)O)C(=O)O)C1=O)C[C@@H]3O[C@H]1C[C@H](N)[C@@H](O)C(C)O1. The highest BCUT2D eigenvalue weighted by Gasteiger charge is 2.50. The number of benzene rings is 3. The number of carbonyl (C=O) groups excluding carboxylic acids is 7. The fourth-order valence-electron chi connectivity index (χ4n) is 10.7. The number of nitrogen functional groups attached to an aromatic ring is 1. The number of H-pyrrole nitrogens is 1. The number of hydrogen-bond donors (Lipinski definition) is 14. The van der Waals surface area contributed by atoms with Crippen molar-refractivity contribution in [2.75, 3.05) is 37.1 Å². The van der Waals surface area contributed by atoms with Gasteiger partial charge in [-0.2, -0.15) is 10.1 Å². The van der Waals surface area contributed by atoms with Crippen molar-refractivity contribution >= 4 is 93.3 Å². The standard InChI is InChI=1S/C56H60N12O20S/c1-22-44(73)28(57)14-38(87-22)88-32-17-56(85,16-27-40(32)48(77)42-41(46(27)75)45(74)26-4-3-5-31(86-2)39(26)47(42)76)34(20-69)66-67-36(71)12-13-68-37(72)15-33(52(68)80)89-21-30(54(83)84)62-35(70)11-10-29(53(81)82)63-50(78)23-6-8-24(9-7-23)59-18-25-19-60-49-43(61-25)51(79)65-55(58)64-49/h3-9,19,22,28-30,32-33,38,44,59,69,73,75,77,85H,10-18,20-21,57H2,1-2H3,(H,62,70)(H,63,78)(H,67,71)(H,81,82)(H,83,84)(H3,58,60,64,65,79)/b66-34-/t22?,28-,29-,30-,32-,33?,38-,44-,56-/m0/s1. The Morgan fingerprint density at radius 1 is 0.944 bits per heavy atom. The third kappa shape index (κ3) is 13.5. The van der Waals surface area contributed by atoms with Crippen LogP contribution in [-0.2, 0) is 51.2 Å². The molecule has 0 bridgehead atoms. The molecule has 470 valence electrons. The number of ether oxygens (including phenoxy) is 3. The number of aromatic hydroxyl groups is 2. The highest BCUT2D eigenvalue weighted by Crippen LogP contribution is 2.53. The maximum absolute atomic E-state index is 14.1. The lowest BCUT2D eigenvalue weighted by Crippen LogP contribution is -2.53. The molecule has 4 heterocycles. The molecule has 89 heavy (non-hydrogen) atoms. The number of fused-ring (bicyclic) bond motifs is 4. The van der Waals surface area contributed by atoms with Crippen molar-refractivity contribution in [2.24, 2.45) is 10.8 Å². The molecule has 5 amide bonds. The van der Waals surface area contributed by atoms with Gasteiger partial charge in [0.05, 0.1) is 78.1 Å². The summed E-state index contributed by atoms with van der Waals surface area (Å²) < 4.78 is 17.5. The number of aliphatic hydroxyl groups excluding tert-OH is 2. The van der Waals surface area contributed by atoms with Gasteiger partial charge in [0.25, 0.3) is 11.5 Å². The Hall–Kier alpha value is -9.51. The zero-order valence-electron chi connectivity index (χ0n) is 47.3. The van der Waals surface area contributed by atoms with Gasteiger partial charge in [0.1, 0.15) is 34.9 Å². The van der Waals surface area contributed by atoms with Crippen molar-refractivity contribution in [3.05, 3.63) is 104 Å². The number of phenolic OH excluding ortho intramolecular Hbond substituents is 2. The molecule has 3 aromatic carbocycles. The second kappa shape index (κ2) is 26.4.